The number of aromatic nitrogens is 2. The van der Waals surface area contributed by atoms with Crippen LogP contribution in [0.15, 0.2) is 79.0 Å². The van der Waals surface area contributed by atoms with Crippen molar-refractivity contribution in [1.82, 2.24) is 25.3 Å². The van der Waals surface area contributed by atoms with Crippen molar-refractivity contribution in [3.63, 3.8) is 0 Å². The molecular formula is C36H37ClN6O5. The molecule has 0 bridgehead atoms. The normalized spacial score (nSPS) is 15.1. The summed E-state index contributed by atoms with van der Waals surface area (Å²) in [4.78, 5) is 41.8. The lowest BCUT2D eigenvalue weighted by Crippen LogP contribution is -2.58. The summed E-state index contributed by atoms with van der Waals surface area (Å²) in [6.45, 7) is 5.98. The maximum Gasteiger partial charge on any atom is 0.316 e. The number of anilines is 1. The second-order valence-electron chi connectivity index (χ2n) is 12.4. The van der Waals surface area contributed by atoms with E-state index in [-0.39, 0.29) is 25.5 Å². The number of nitrogens with one attached hydrogen (secondary N) is 3. The summed E-state index contributed by atoms with van der Waals surface area (Å²) in [5, 5.41) is 23.8. The van der Waals surface area contributed by atoms with Gasteiger partial charge in [0.1, 0.15) is 23.5 Å². The fourth-order valence-electron chi connectivity index (χ4n) is 5.17. The van der Waals surface area contributed by atoms with E-state index in [2.05, 4.69) is 32.9 Å². The summed E-state index contributed by atoms with van der Waals surface area (Å²) >= 11 is 6.14. The lowest BCUT2D eigenvalue weighted by molar-refractivity contribution is -0.148. The number of hydrogen-bond acceptors (Lipinski definition) is 6. The van der Waals surface area contributed by atoms with Gasteiger partial charge in [0, 0.05) is 47.2 Å². The molecule has 1 aliphatic rings. The Morgan fingerprint density at radius 2 is 1.77 bits per heavy atom. The molecule has 0 spiro atoms. The van der Waals surface area contributed by atoms with Crippen LogP contribution in [0, 0.1) is 11.8 Å². The molecule has 4 aromatic rings. The average Bonchev–Trinajstić information content (AvgIpc) is 3.43. The van der Waals surface area contributed by atoms with Gasteiger partial charge in [-0.15, -0.1) is 0 Å². The minimum absolute atomic E-state index is 0.00640. The predicted octanol–water partition coefficient (Wildman–Crippen LogP) is 4.85. The highest BCUT2D eigenvalue weighted by atomic mass is 35.5. The van der Waals surface area contributed by atoms with Crippen LogP contribution in [0.1, 0.15) is 43.5 Å². The topological polar surface area (TPSA) is 138 Å². The Morgan fingerprint density at radius 3 is 2.48 bits per heavy atom. The number of ether oxygens (including phenoxy) is 1. The van der Waals surface area contributed by atoms with Gasteiger partial charge in [0.2, 0.25) is 5.91 Å². The number of aryl methyl sites for hydroxylation is 1. The third kappa shape index (κ3) is 8.53. The zero-order chi connectivity index (χ0) is 34.4. The molecule has 4 amide bonds. The number of amides is 4. The number of carbonyl (C=O) groups excluding carboxylic acids is 3. The van der Waals surface area contributed by atoms with Gasteiger partial charge in [-0.05, 0) is 68.8 Å². The van der Waals surface area contributed by atoms with Crippen molar-refractivity contribution in [2.24, 2.45) is 7.05 Å². The molecule has 5 rings (SSSR count). The Bertz CT molecular complexity index is 1860. The van der Waals surface area contributed by atoms with Crippen molar-refractivity contribution in [2.45, 2.75) is 38.4 Å². The molecular weight excluding hydrogens is 632 g/mol. The standard InChI is InChI=1S/C36H37ClN6O5/c1-36(2,3)40-35(47)39-32(24-8-6-5-7-9-24)34(46)43-18-19-48-22-29(43)33(45)38-27-15-11-23(12-16-27)10-13-25-21-42(4)41-31(25)28-20-26(37)14-17-30(28)44/h5-9,11-12,14-17,20-21,29,32,44H,18-19,22H2,1-4H3,(H,38,45)(H2,39,40,47)/t29-,32+/m0/s1. The quantitative estimate of drug-likeness (QED) is 0.217. The molecule has 1 fully saturated rings. The van der Waals surface area contributed by atoms with E-state index in [1.165, 1.54) is 11.0 Å². The Labute approximate surface area is 284 Å². The molecule has 1 aliphatic heterocycles. The van der Waals surface area contributed by atoms with Crippen LogP contribution in [0.4, 0.5) is 10.5 Å². The predicted molar refractivity (Wildman–Crippen MR) is 183 cm³/mol. The van der Waals surface area contributed by atoms with Crippen LogP contribution in [0.3, 0.4) is 0 Å². The number of benzene rings is 3. The monoisotopic (exact) mass is 668 g/mol. The molecule has 0 unspecified atom stereocenters. The van der Waals surface area contributed by atoms with Crippen LogP contribution in [0.5, 0.6) is 5.75 Å². The molecule has 4 N–H and O–H groups in total. The number of urea groups is 1. The molecule has 11 nitrogen and oxygen atoms in total. The van der Waals surface area contributed by atoms with Crippen molar-refractivity contribution in [3.8, 4) is 28.8 Å². The van der Waals surface area contributed by atoms with E-state index in [9.17, 15) is 19.5 Å². The highest BCUT2D eigenvalue weighted by Gasteiger charge is 2.37. The van der Waals surface area contributed by atoms with Crippen LogP contribution >= 0.6 is 11.6 Å². The molecule has 1 saturated heterocycles. The number of hydrogen-bond donors (Lipinski definition) is 4. The molecule has 2 heterocycles. The van der Waals surface area contributed by atoms with Crippen LogP contribution in [0.25, 0.3) is 11.3 Å². The Hall–Kier alpha value is -5.31. The molecule has 0 aliphatic carbocycles. The van der Waals surface area contributed by atoms with Gasteiger partial charge in [-0.2, -0.15) is 5.10 Å². The molecule has 2 atom stereocenters. The van der Waals surface area contributed by atoms with Gasteiger partial charge in [-0.1, -0.05) is 53.8 Å². The van der Waals surface area contributed by atoms with Crippen molar-refractivity contribution in [1.29, 1.82) is 0 Å². The zero-order valence-electron chi connectivity index (χ0n) is 27.1. The number of phenols is 1. The van der Waals surface area contributed by atoms with E-state index in [1.807, 2.05) is 26.8 Å². The minimum atomic E-state index is -1.01. The largest absolute Gasteiger partial charge is 0.507 e. The SMILES string of the molecule is Cn1cc(C#Cc2ccc(NC(=O)[C@@H]3COCCN3C(=O)[C@H](NC(=O)NC(C)(C)C)c3ccccc3)cc2)c(-c2cc(Cl)ccc2O)n1. The first-order chi connectivity index (χ1) is 22.9. The summed E-state index contributed by atoms with van der Waals surface area (Å²) in [5.74, 6) is 5.41. The van der Waals surface area contributed by atoms with Gasteiger partial charge < -0.3 is 30.7 Å². The van der Waals surface area contributed by atoms with E-state index < -0.39 is 35.5 Å². The van der Waals surface area contributed by atoms with Crippen LogP contribution in [0.2, 0.25) is 5.02 Å². The number of morpholine rings is 1. The summed E-state index contributed by atoms with van der Waals surface area (Å²) < 4.78 is 7.21. The molecule has 3 aromatic carbocycles. The highest BCUT2D eigenvalue weighted by Crippen LogP contribution is 2.32. The smallest absolute Gasteiger partial charge is 0.316 e. The molecule has 0 radical (unpaired) electrons. The number of rotatable bonds is 6. The van der Waals surface area contributed by atoms with Crippen LogP contribution in [-0.4, -0.2) is 69.0 Å². The lowest BCUT2D eigenvalue weighted by atomic mass is 10.0. The number of aromatic hydroxyl groups is 1. The second-order valence-corrected chi connectivity index (χ2v) is 12.8. The lowest BCUT2D eigenvalue weighted by Gasteiger charge is -2.37. The second kappa shape index (κ2) is 14.6. The number of phenolic OH excluding ortho intramolecular Hbond substituents is 1. The molecule has 12 heteroatoms. The Balaban J connectivity index is 1.30. The van der Waals surface area contributed by atoms with Crippen molar-refractivity contribution in [2.75, 3.05) is 25.1 Å². The van der Waals surface area contributed by atoms with E-state index in [4.69, 9.17) is 16.3 Å². The van der Waals surface area contributed by atoms with E-state index >= 15 is 0 Å². The summed E-state index contributed by atoms with van der Waals surface area (Å²) in [6, 6.07) is 18.2. The zero-order valence-corrected chi connectivity index (χ0v) is 27.8. The Morgan fingerprint density at radius 1 is 1.04 bits per heavy atom. The maximum absolute atomic E-state index is 14.0. The van der Waals surface area contributed by atoms with Gasteiger partial charge in [0.25, 0.3) is 5.91 Å². The number of nitrogens with zero attached hydrogens (tertiary/aromatic N) is 3. The first-order valence-corrected chi connectivity index (χ1v) is 15.7. The maximum atomic E-state index is 14.0. The van der Waals surface area contributed by atoms with Gasteiger partial charge in [0.05, 0.1) is 18.8 Å². The molecule has 0 saturated carbocycles. The summed E-state index contributed by atoms with van der Waals surface area (Å²) in [5.41, 5.74) is 2.86. The van der Waals surface area contributed by atoms with Crippen molar-refractivity contribution < 1.29 is 24.2 Å². The van der Waals surface area contributed by atoms with Gasteiger partial charge in [-0.3, -0.25) is 14.3 Å². The van der Waals surface area contributed by atoms with Crippen LogP contribution in [-0.2, 0) is 21.4 Å². The number of halogens is 1. The minimum Gasteiger partial charge on any atom is -0.507 e. The first-order valence-electron chi connectivity index (χ1n) is 15.4. The fourth-order valence-corrected chi connectivity index (χ4v) is 5.34. The summed E-state index contributed by atoms with van der Waals surface area (Å²) in [7, 11) is 1.77. The average molecular weight is 669 g/mol. The summed E-state index contributed by atoms with van der Waals surface area (Å²) in [6.07, 6.45) is 1.76. The van der Waals surface area contributed by atoms with Crippen molar-refractivity contribution >= 4 is 35.1 Å². The Kier molecular flexibility index (Phi) is 10.4. The van der Waals surface area contributed by atoms with Gasteiger partial charge in [-0.25, -0.2) is 4.79 Å². The van der Waals surface area contributed by atoms with Crippen molar-refractivity contribution in [3.05, 3.63) is 101 Å². The van der Waals surface area contributed by atoms with E-state index in [0.717, 1.165) is 0 Å². The van der Waals surface area contributed by atoms with Gasteiger partial charge in [0.15, 0.2) is 0 Å². The molecule has 1 aromatic heterocycles. The fraction of sp³-hybridized carbons (Fsp3) is 0.278. The molecule has 48 heavy (non-hydrogen) atoms. The number of carbonyl (C=O) groups is 3. The van der Waals surface area contributed by atoms with Gasteiger partial charge >= 0.3 is 6.03 Å². The highest BCUT2D eigenvalue weighted by molar-refractivity contribution is 6.31. The molecule has 248 valence electrons. The van der Waals surface area contributed by atoms with E-state index in [0.29, 0.717) is 38.7 Å². The van der Waals surface area contributed by atoms with Crippen LogP contribution < -0.4 is 16.0 Å². The van der Waals surface area contributed by atoms with E-state index in [1.54, 1.807) is 78.6 Å². The third-order valence-corrected chi connectivity index (χ3v) is 7.63. The third-order valence-electron chi connectivity index (χ3n) is 7.39. The first kappa shape index (κ1) is 34.0.